The second-order valence-corrected chi connectivity index (χ2v) is 5.32. The molecule has 4 N–H and O–H groups in total. The highest BCUT2D eigenvalue weighted by Gasteiger charge is 2.07. The summed E-state index contributed by atoms with van der Waals surface area (Å²) in [6.45, 7) is 1.86. The van der Waals surface area contributed by atoms with Crippen LogP contribution in [0.5, 0.6) is 0 Å². The Labute approximate surface area is 147 Å². The van der Waals surface area contributed by atoms with Gasteiger partial charge in [0.1, 0.15) is 0 Å². The van der Waals surface area contributed by atoms with Gasteiger partial charge in [-0.2, -0.15) is 10.2 Å². The number of nitrogens with zero attached hydrogens (tertiary/aromatic N) is 3. The van der Waals surface area contributed by atoms with Gasteiger partial charge >= 0.3 is 0 Å². The zero-order valence-electron chi connectivity index (χ0n) is 13.4. The molecule has 0 saturated heterocycles. The van der Waals surface area contributed by atoms with E-state index in [4.69, 9.17) is 24.4 Å². The number of pyridine rings is 1. The minimum atomic E-state index is 0.440. The molecular weight excluding hydrogens is 330 g/mol. The average molecular weight is 352 g/mol. The highest BCUT2D eigenvalue weighted by atomic mass is 32.1. The zero-order valence-corrected chi connectivity index (χ0v) is 15.0. The van der Waals surface area contributed by atoms with Gasteiger partial charge < -0.3 is 10.6 Å². The molecule has 0 radical (unpaired) electrons. The molecule has 0 amide bonds. The van der Waals surface area contributed by atoms with Crippen molar-refractivity contribution in [2.75, 3.05) is 14.1 Å². The van der Waals surface area contributed by atoms with Crippen LogP contribution in [-0.4, -0.2) is 40.7 Å². The van der Waals surface area contributed by atoms with Gasteiger partial charge in [-0.15, -0.1) is 0 Å². The van der Waals surface area contributed by atoms with E-state index >= 15 is 0 Å². The zero-order chi connectivity index (χ0) is 17.1. The topological polar surface area (TPSA) is 85.7 Å². The van der Waals surface area contributed by atoms with E-state index in [-0.39, 0.29) is 0 Å². The summed E-state index contributed by atoms with van der Waals surface area (Å²) < 4.78 is 0. The van der Waals surface area contributed by atoms with Gasteiger partial charge in [-0.25, -0.2) is 0 Å². The normalized spacial score (nSPS) is 11.6. The molecule has 1 heterocycles. The number of thiocarbonyl (C=S) groups is 2. The van der Waals surface area contributed by atoms with E-state index in [1.165, 1.54) is 0 Å². The Bertz CT molecular complexity index is 584. The lowest BCUT2D eigenvalue weighted by Crippen LogP contribution is -2.32. The van der Waals surface area contributed by atoms with Crippen LogP contribution in [0, 0.1) is 0 Å². The van der Waals surface area contributed by atoms with Gasteiger partial charge in [-0.3, -0.25) is 15.8 Å². The van der Waals surface area contributed by atoms with E-state index in [1.807, 2.05) is 25.3 Å². The molecule has 0 aliphatic rings. The van der Waals surface area contributed by atoms with Crippen LogP contribution in [0.25, 0.3) is 0 Å². The van der Waals surface area contributed by atoms with Crippen LogP contribution in [0.1, 0.15) is 18.9 Å². The fourth-order valence-electron chi connectivity index (χ4n) is 1.56. The number of aryl methyl sites for hydroxylation is 1. The van der Waals surface area contributed by atoms with E-state index in [9.17, 15) is 0 Å². The standard InChI is InChI=1S/C14H21N7S2/c1-10(18-20-13(22)15-2)12(19-21-14(23)16-3)7-6-11-5-4-8-17-9-11/h4-5,8-9H,6-7H2,1-3H3,(H2,15,20,22)(H2,16,21,23)/b18-10+,19-12-. The Morgan fingerprint density at radius 2 is 1.78 bits per heavy atom. The number of aromatic nitrogens is 1. The first-order valence-corrected chi connectivity index (χ1v) is 7.84. The first kappa shape index (κ1) is 18.9. The molecule has 124 valence electrons. The quantitative estimate of drug-likeness (QED) is 0.345. The molecule has 0 aliphatic heterocycles. The summed E-state index contributed by atoms with van der Waals surface area (Å²) in [7, 11) is 3.46. The minimum Gasteiger partial charge on any atom is -0.364 e. The molecule has 1 aromatic heterocycles. The molecule has 9 heteroatoms. The third-order valence-corrected chi connectivity index (χ3v) is 3.45. The van der Waals surface area contributed by atoms with Gasteiger partial charge in [0.2, 0.25) is 0 Å². The van der Waals surface area contributed by atoms with Crippen LogP contribution in [-0.2, 0) is 6.42 Å². The molecule has 1 rings (SSSR count). The van der Waals surface area contributed by atoms with Gasteiger partial charge in [0.05, 0.1) is 11.4 Å². The SMILES string of the molecule is CNC(=S)N/N=C(CCc1cccnc1)\C(C)=N\NC(=S)NC. The highest BCUT2D eigenvalue weighted by molar-refractivity contribution is 7.80. The molecule has 7 nitrogen and oxygen atoms in total. The van der Waals surface area contributed by atoms with Gasteiger partial charge in [0, 0.05) is 26.5 Å². The molecule has 0 unspecified atom stereocenters. The van der Waals surface area contributed by atoms with Crippen LogP contribution in [0.3, 0.4) is 0 Å². The lowest BCUT2D eigenvalue weighted by Gasteiger charge is -2.09. The Morgan fingerprint density at radius 1 is 1.13 bits per heavy atom. The lowest BCUT2D eigenvalue weighted by atomic mass is 10.1. The monoisotopic (exact) mass is 351 g/mol. The third-order valence-electron chi connectivity index (χ3n) is 2.86. The molecule has 0 saturated carbocycles. The average Bonchev–Trinajstić information content (AvgIpc) is 2.59. The van der Waals surface area contributed by atoms with Crippen LogP contribution in [0.2, 0.25) is 0 Å². The molecule has 0 aliphatic carbocycles. The van der Waals surface area contributed by atoms with Gasteiger partial charge in [-0.05, 0) is 55.8 Å². The maximum atomic E-state index is 5.04. The fourth-order valence-corrected chi connectivity index (χ4v) is 1.65. The summed E-state index contributed by atoms with van der Waals surface area (Å²) in [4.78, 5) is 4.11. The maximum Gasteiger partial charge on any atom is 0.186 e. The summed E-state index contributed by atoms with van der Waals surface area (Å²) in [5.41, 5.74) is 8.16. The number of hydrogen-bond donors (Lipinski definition) is 4. The number of nitrogens with one attached hydrogen (secondary N) is 4. The van der Waals surface area contributed by atoms with Crippen molar-refractivity contribution in [3.63, 3.8) is 0 Å². The van der Waals surface area contributed by atoms with Crippen LogP contribution < -0.4 is 21.5 Å². The molecule has 1 aromatic rings. The lowest BCUT2D eigenvalue weighted by molar-refractivity contribution is 0.941. The van der Waals surface area contributed by atoms with Crippen molar-refractivity contribution in [1.29, 1.82) is 0 Å². The van der Waals surface area contributed by atoms with E-state index in [0.29, 0.717) is 16.6 Å². The van der Waals surface area contributed by atoms with Crippen LogP contribution >= 0.6 is 24.4 Å². The smallest absolute Gasteiger partial charge is 0.186 e. The molecule has 0 aromatic carbocycles. The second kappa shape index (κ2) is 10.6. The summed E-state index contributed by atoms with van der Waals surface area (Å²) in [6.07, 6.45) is 5.07. The summed E-state index contributed by atoms with van der Waals surface area (Å²) >= 11 is 10.0. The highest BCUT2D eigenvalue weighted by Crippen LogP contribution is 2.03. The Kier molecular flexibility index (Phi) is 8.70. The molecule has 0 atom stereocenters. The van der Waals surface area contributed by atoms with Crippen LogP contribution in [0.4, 0.5) is 0 Å². The van der Waals surface area contributed by atoms with E-state index in [2.05, 4.69) is 36.7 Å². The fraction of sp³-hybridized carbons (Fsp3) is 0.357. The van der Waals surface area contributed by atoms with E-state index < -0.39 is 0 Å². The second-order valence-electron chi connectivity index (χ2n) is 4.50. The van der Waals surface area contributed by atoms with Crippen molar-refractivity contribution in [3.8, 4) is 0 Å². The summed E-state index contributed by atoms with van der Waals surface area (Å²) in [5.74, 6) is 0. The molecule has 0 spiro atoms. The summed E-state index contributed by atoms with van der Waals surface area (Å²) in [6, 6.07) is 3.94. The number of rotatable bonds is 6. The van der Waals surface area contributed by atoms with Crippen molar-refractivity contribution in [3.05, 3.63) is 30.1 Å². The Hall–Kier alpha value is -2.13. The van der Waals surface area contributed by atoms with E-state index in [1.54, 1.807) is 20.3 Å². The van der Waals surface area contributed by atoms with Gasteiger partial charge in [0.25, 0.3) is 0 Å². The first-order chi connectivity index (χ1) is 11.1. The van der Waals surface area contributed by atoms with E-state index in [0.717, 1.165) is 23.4 Å². The summed E-state index contributed by atoms with van der Waals surface area (Å²) in [5, 5.41) is 15.0. The van der Waals surface area contributed by atoms with Crippen molar-refractivity contribution in [1.82, 2.24) is 26.5 Å². The predicted molar refractivity (Wildman–Crippen MR) is 103 cm³/mol. The maximum absolute atomic E-state index is 5.04. The third kappa shape index (κ3) is 7.61. The predicted octanol–water partition coefficient (Wildman–Crippen LogP) is 0.934. The van der Waals surface area contributed by atoms with Crippen molar-refractivity contribution in [2.45, 2.75) is 19.8 Å². The molecule has 0 bridgehead atoms. The largest absolute Gasteiger partial charge is 0.364 e. The van der Waals surface area contributed by atoms with Gasteiger partial charge in [0.15, 0.2) is 10.2 Å². The van der Waals surface area contributed by atoms with Crippen LogP contribution in [0.15, 0.2) is 34.7 Å². The Balaban J connectivity index is 2.79. The number of hydrazone groups is 2. The minimum absolute atomic E-state index is 0.440. The molecule has 0 fully saturated rings. The number of hydrogen-bond acceptors (Lipinski definition) is 5. The van der Waals surface area contributed by atoms with Crippen molar-refractivity contribution < 1.29 is 0 Å². The Morgan fingerprint density at radius 3 is 2.35 bits per heavy atom. The first-order valence-electron chi connectivity index (χ1n) is 7.02. The van der Waals surface area contributed by atoms with Gasteiger partial charge in [-0.1, -0.05) is 6.07 Å². The van der Waals surface area contributed by atoms with Crippen molar-refractivity contribution in [2.24, 2.45) is 10.2 Å². The molecular formula is C14H21N7S2. The van der Waals surface area contributed by atoms with Crippen molar-refractivity contribution >= 4 is 46.1 Å². The molecule has 23 heavy (non-hydrogen) atoms.